The molecular weight excluding hydrogens is 297 g/mol. The van der Waals surface area contributed by atoms with Crippen LogP contribution in [0.15, 0.2) is 23.1 Å². The van der Waals surface area contributed by atoms with Crippen LogP contribution in [0.4, 0.5) is 4.39 Å². The van der Waals surface area contributed by atoms with Crippen molar-refractivity contribution in [3.8, 4) is 0 Å². The Kier molecular flexibility index (Phi) is 4.08. The summed E-state index contributed by atoms with van der Waals surface area (Å²) >= 11 is 0. The number of halogens is 1. The second-order valence-corrected chi connectivity index (χ2v) is 7.41. The fourth-order valence-corrected chi connectivity index (χ4v) is 4.00. The van der Waals surface area contributed by atoms with E-state index in [0.717, 1.165) is 6.07 Å². The second kappa shape index (κ2) is 5.38. The van der Waals surface area contributed by atoms with Crippen LogP contribution in [0.1, 0.15) is 31.7 Å². The number of hydrogen-bond donors (Lipinski definition) is 2. The maximum atomic E-state index is 13.5. The lowest BCUT2D eigenvalue weighted by Crippen LogP contribution is -2.46. The zero-order chi connectivity index (χ0) is 15.8. The van der Waals surface area contributed by atoms with Gasteiger partial charge in [-0.2, -0.15) is 0 Å². The Bertz CT molecular complexity index is 674. The van der Waals surface area contributed by atoms with E-state index >= 15 is 0 Å². The fraction of sp³-hybridized carbons (Fsp3) is 0.500. The molecule has 5 nitrogen and oxygen atoms in total. The normalized spacial score (nSPS) is 26.0. The molecule has 1 aromatic carbocycles. The van der Waals surface area contributed by atoms with Crippen molar-refractivity contribution in [2.24, 2.45) is 5.41 Å². The van der Waals surface area contributed by atoms with E-state index in [-0.39, 0.29) is 4.90 Å². The quantitative estimate of drug-likeness (QED) is 0.891. The van der Waals surface area contributed by atoms with Crippen LogP contribution in [0.3, 0.4) is 0 Å². The lowest BCUT2D eigenvalue weighted by atomic mass is 9.85. The van der Waals surface area contributed by atoms with Crippen LogP contribution in [0.25, 0.3) is 0 Å². The van der Waals surface area contributed by atoms with Crippen molar-refractivity contribution < 1.29 is 22.7 Å². The number of carboxylic acid groups (broad SMARTS) is 1. The number of carbonyl (C=O) groups is 1. The number of hydrogen-bond acceptors (Lipinski definition) is 3. The fourth-order valence-electron chi connectivity index (χ4n) is 2.61. The van der Waals surface area contributed by atoms with Crippen molar-refractivity contribution >= 4 is 16.0 Å². The molecule has 1 saturated carbocycles. The second-order valence-electron chi connectivity index (χ2n) is 5.70. The molecule has 2 atom stereocenters. The molecule has 0 radical (unpaired) electrons. The number of aryl methyl sites for hydroxylation is 1. The molecule has 0 saturated heterocycles. The number of rotatable bonds is 4. The van der Waals surface area contributed by atoms with Crippen molar-refractivity contribution in [2.45, 2.75) is 44.0 Å². The van der Waals surface area contributed by atoms with Gasteiger partial charge >= 0.3 is 5.97 Å². The molecule has 2 N–H and O–H groups in total. The molecule has 1 aliphatic rings. The largest absolute Gasteiger partial charge is 0.481 e. The van der Waals surface area contributed by atoms with Crippen LogP contribution < -0.4 is 4.72 Å². The number of carboxylic acids is 1. The predicted octanol–water partition coefficient (Wildman–Crippen LogP) is 2.06. The van der Waals surface area contributed by atoms with Crippen LogP contribution in [-0.4, -0.2) is 25.5 Å². The predicted molar refractivity (Wildman–Crippen MR) is 74.8 cm³/mol. The van der Waals surface area contributed by atoms with E-state index in [9.17, 15) is 22.7 Å². The molecule has 1 aliphatic carbocycles. The minimum atomic E-state index is -3.94. The Morgan fingerprint density at radius 1 is 1.48 bits per heavy atom. The summed E-state index contributed by atoms with van der Waals surface area (Å²) in [4.78, 5) is 11.2. The van der Waals surface area contributed by atoms with Gasteiger partial charge in [0.15, 0.2) is 0 Å². The summed E-state index contributed by atoms with van der Waals surface area (Å²) in [7, 11) is -3.94. The van der Waals surface area contributed by atoms with Crippen molar-refractivity contribution in [3.05, 3.63) is 29.6 Å². The lowest BCUT2D eigenvalue weighted by molar-refractivity contribution is -0.148. The smallest absolute Gasteiger partial charge is 0.310 e. The highest BCUT2D eigenvalue weighted by atomic mass is 32.2. The Labute approximate surface area is 123 Å². The van der Waals surface area contributed by atoms with Crippen LogP contribution >= 0.6 is 0 Å². The summed E-state index contributed by atoms with van der Waals surface area (Å²) in [5.74, 6) is -1.63. The summed E-state index contributed by atoms with van der Waals surface area (Å²) in [5.41, 5.74) is -0.777. The van der Waals surface area contributed by atoms with Gasteiger partial charge in [-0.15, -0.1) is 0 Å². The van der Waals surface area contributed by atoms with Gasteiger partial charge in [0, 0.05) is 6.04 Å². The third-order valence-electron chi connectivity index (χ3n) is 4.20. The van der Waals surface area contributed by atoms with Crippen molar-refractivity contribution in [1.82, 2.24) is 4.72 Å². The highest BCUT2D eigenvalue weighted by Crippen LogP contribution is 2.38. The average molecular weight is 315 g/mol. The summed E-state index contributed by atoms with van der Waals surface area (Å²) in [5, 5.41) is 9.30. The molecule has 0 heterocycles. The van der Waals surface area contributed by atoms with Gasteiger partial charge in [0.2, 0.25) is 10.0 Å². The molecule has 0 aromatic heterocycles. The van der Waals surface area contributed by atoms with Gasteiger partial charge in [-0.3, -0.25) is 4.79 Å². The first-order valence-corrected chi connectivity index (χ1v) is 8.17. The van der Waals surface area contributed by atoms with E-state index < -0.39 is 33.3 Å². The zero-order valence-corrected chi connectivity index (χ0v) is 12.7. The first-order chi connectivity index (χ1) is 9.67. The van der Waals surface area contributed by atoms with Crippen LogP contribution in [0, 0.1) is 18.2 Å². The molecular formula is C14H18FNO4S. The zero-order valence-electron chi connectivity index (χ0n) is 11.9. The van der Waals surface area contributed by atoms with Gasteiger partial charge in [0.05, 0.1) is 10.3 Å². The Morgan fingerprint density at radius 3 is 2.71 bits per heavy atom. The molecule has 0 bridgehead atoms. The van der Waals surface area contributed by atoms with Gasteiger partial charge in [-0.1, -0.05) is 12.5 Å². The van der Waals surface area contributed by atoms with Gasteiger partial charge in [0.25, 0.3) is 0 Å². The van der Waals surface area contributed by atoms with E-state index in [1.54, 1.807) is 0 Å². The monoisotopic (exact) mass is 315 g/mol. The maximum absolute atomic E-state index is 13.5. The molecule has 2 rings (SSSR count). The molecule has 2 unspecified atom stereocenters. The van der Waals surface area contributed by atoms with E-state index in [4.69, 9.17) is 0 Å². The van der Waals surface area contributed by atoms with Crippen molar-refractivity contribution in [3.63, 3.8) is 0 Å². The number of aliphatic carboxylic acids is 1. The van der Waals surface area contributed by atoms with Gasteiger partial charge in [-0.25, -0.2) is 17.5 Å². The summed E-state index contributed by atoms with van der Waals surface area (Å²) in [6.07, 6.45) is 1.51. The SMILES string of the molecule is Cc1ccc(S(=O)(=O)NC2CCCC2(C)C(=O)O)cc1F. The first kappa shape index (κ1) is 15.9. The van der Waals surface area contributed by atoms with Crippen molar-refractivity contribution in [2.75, 3.05) is 0 Å². The molecule has 0 amide bonds. The minimum Gasteiger partial charge on any atom is -0.481 e. The van der Waals surface area contributed by atoms with Crippen LogP contribution in [0.2, 0.25) is 0 Å². The first-order valence-electron chi connectivity index (χ1n) is 6.69. The number of nitrogens with one attached hydrogen (secondary N) is 1. The van der Waals surface area contributed by atoms with E-state index in [1.807, 2.05) is 0 Å². The van der Waals surface area contributed by atoms with E-state index in [0.29, 0.717) is 24.8 Å². The molecule has 0 aliphatic heterocycles. The molecule has 0 spiro atoms. The summed E-state index contributed by atoms with van der Waals surface area (Å²) in [6.45, 7) is 3.07. The summed E-state index contributed by atoms with van der Waals surface area (Å²) in [6, 6.07) is 2.96. The Balaban J connectivity index is 2.29. The van der Waals surface area contributed by atoms with Gasteiger partial charge in [0.1, 0.15) is 5.82 Å². The average Bonchev–Trinajstić information content (AvgIpc) is 2.75. The minimum absolute atomic E-state index is 0.190. The molecule has 1 fully saturated rings. The Morgan fingerprint density at radius 2 is 2.14 bits per heavy atom. The number of benzene rings is 1. The van der Waals surface area contributed by atoms with E-state index in [2.05, 4.69) is 4.72 Å². The summed E-state index contributed by atoms with van der Waals surface area (Å²) < 4.78 is 40.5. The third-order valence-corrected chi connectivity index (χ3v) is 5.67. The standard InChI is InChI=1S/C14H18FNO4S/c1-9-5-6-10(8-11(9)15)21(19,20)16-12-4-3-7-14(12,2)13(17)18/h5-6,8,12,16H,3-4,7H2,1-2H3,(H,17,18). The lowest BCUT2D eigenvalue weighted by Gasteiger charge is -2.27. The molecule has 1 aromatic rings. The van der Waals surface area contributed by atoms with E-state index in [1.165, 1.54) is 26.0 Å². The topological polar surface area (TPSA) is 83.5 Å². The van der Waals surface area contributed by atoms with Gasteiger partial charge < -0.3 is 5.11 Å². The molecule has 116 valence electrons. The highest BCUT2D eigenvalue weighted by Gasteiger charge is 2.46. The maximum Gasteiger partial charge on any atom is 0.310 e. The molecule has 21 heavy (non-hydrogen) atoms. The molecule has 7 heteroatoms. The van der Waals surface area contributed by atoms with Gasteiger partial charge in [-0.05, 0) is 44.4 Å². The third kappa shape index (κ3) is 2.94. The number of sulfonamides is 1. The van der Waals surface area contributed by atoms with Crippen LogP contribution in [-0.2, 0) is 14.8 Å². The van der Waals surface area contributed by atoms with Crippen molar-refractivity contribution in [1.29, 1.82) is 0 Å². The van der Waals surface area contributed by atoms with Crippen LogP contribution in [0.5, 0.6) is 0 Å². The highest BCUT2D eigenvalue weighted by molar-refractivity contribution is 7.89. The Hall–Kier alpha value is -1.47.